The molecule has 0 unspecified atom stereocenters. The molecule has 7 nitrogen and oxygen atoms in total. The first kappa shape index (κ1) is 21.3. The molecule has 0 bridgehead atoms. The Balaban J connectivity index is 0.00000261. The van der Waals surface area contributed by atoms with E-state index in [1.165, 1.54) is 11.3 Å². The lowest BCUT2D eigenvalue weighted by atomic mass is 10.2. The molecule has 0 atom stereocenters. The van der Waals surface area contributed by atoms with Gasteiger partial charge in [0.05, 0.1) is 11.4 Å². The van der Waals surface area contributed by atoms with Gasteiger partial charge in [-0.2, -0.15) is 5.10 Å². The molecule has 2 N–H and O–H groups in total. The van der Waals surface area contributed by atoms with Crippen molar-refractivity contribution in [2.24, 2.45) is 12.0 Å². The second kappa shape index (κ2) is 9.29. The maximum atomic E-state index is 10.0. The van der Waals surface area contributed by atoms with Gasteiger partial charge in [0.1, 0.15) is 5.75 Å². The summed E-state index contributed by atoms with van der Waals surface area (Å²) in [5.41, 5.74) is 4.35. The number of phenolic OH excluding ortho intramolecular Hbond substituents is 1. The lowest BCUT2D eigenvalue weighted by Gasteiger charge is -2.37. The molecule has 0 radical (unpaired) electrons. The summed E-state index contributed by atoms with van der Waals surface area (Å²) in [6.07, 6.45) is 0. The van der Waals surface area contributed by atoms with Crippen molar-refractivity contribution in [3.8, 4) is 5.75 Å². The Morgan fingerprint density at radius 1 is 1.19 bits per heavy atom. The largest absolute Gasteiger partial charge is 0.506 e. The molecule has 1 aliphatic rings. The van der Waals surface area contributed by atoms with Gasteiger partial charge in [0.25, 0.3) is 0 Å². The number of piperazine rings is 1. The fraction of sp³-hybridized carbons (Fsp3) is 0.474. The SMILES string of the molecule is CN=C(NCc1c(C)nn(C)c1C)N1CCN(c2ccccc2O)CC1.I. The molecule has 1 saturated heterocycles. The number of benzene rings is 1. The number of nitrogens with zero attached hydrogens (tertiary/aromatic N) is 5. The van der Waals surface area contributed by atoms with Gasteiger partial charge in [0.2, 0.25) is 0 Å². The van der Waals surface area contributed by atoms with E-state index in [1.54, 1.807) is 6.07 Å². The summed E-state index contributed by atoms with van der Waals surface area (Å²) in [5.74, 6) is 1.25. The number of nitrogens with one attached hydrogen (secondary N) is 1. The minimum atomic E-state index is 0. The Morgan fingerprint density at radius 2 is 1.85 bits per heavy atom. The number of hydrogen-bond acceptors (Lipinski definition) is 4. The number of aliphatic imine (C=N–C) groups is 1. The van der Waals surface area contributed by atoms with Crippen molar-refractivity contribution >= 4 is 35.6 Å². The molecule has 1 fully saturated rings. The van der Waals surface area contributed by atoms with Gasteiger partial charge >= 0.3 is 0 Å². The van der Waals surface area contributed by atoms with E-state index in [4.69, 9.17) is 0 Å². The molecule has 8 heteroatoms. The molecule has 1 aliphatic heterocycles. The molecule has 27 heavy (non-hydrogen) atoms. The smallest absolute Gasteiger partial charge is 0.194 e. The predicted octanol–water partition coefficient (Wildman–Crippen LogP) is 2.26. The monoisotopic (exact) mass is 484 g/mol. The van der Waals surface area contributed by atoms with Gasteiger partial charge in [-0.1, -0.05) is 12.1 Å². The van der Waals surface area contributed by atoms with Crippen LogP contribution >= 0.6 is 24.0 Å². The number of rotatable bonds is 3. The topological polar surface area (TPSA) is 68.9 Å². The minimum absolute atomic E-state index is 0. The molecular weight excluding hydrogens is 455 g/mol. The van der Waals surface area contributed by atoms with Crippen LogP contribution in [0.15, 0.2) is 29.3 Å². The van der Waals surface area contributed by atoms with Crippen LogP contribution < -0.4 is 10.2 Å². The van der Waals surface area contributed by atoms with E-state index in [9.17, 15) is 5.11 Å². The van der Waals surface area contributed by atoms with Gasteiger partial charge in [0.15, 0.2) is 5.96 Å². The number of aryl methyl sites for hydroxylation is 2. The summed E-state index contributed by atoms with van der Waals surface area (Å²) in [6, 6.07) is 7.51. The number of halogens is 1. The second-order valence-electron chi connectivity index (χ2n) is 6.64. The van der Waals surface area contributed by atoms with Crippen LogP contribution in [-0.4, -0.2) is 59.0 Å². The number of anilines is 1. The Hall–Kier alpha value is -1.97. The summed E-state index contributed by atoms with van der Waals surface area (Å²) in [6.45, 7) is 8.27. The molecule has 3 rings (SSSR count). The van der Waals surface area contributed by atoms with Crippen LogP contribution in [0.5, 0.6) is 5.75 Å². The maximum Gasteiger partial charge on any atom is 0.194 e. The lowest BCUT2D eigenvalue weighted by Crippen LogP contribution is -2.52. The molecule has 0 spiro atoms. The number of guanidine groups is 1. The number of aromatic hydroxyl groups is 1. The Kier molecular flexibility index (Phi) is 7.34. The van der Waals surface area contributed by atoms with Crippen LogP contribution in [-0.2, 0) is 13.6 Å². The first-order valence-electron chi connectivity index (χ1n) is 8.99. The number of phenols is 1. The molecule has 0 aliphatic carbocycles. The Labute approximate surface area is 178 Å². The highest BCUT2D eigenvalue weighted by atomic mass is 127. The second-order valence-corrected chi connectivity index (χ2v) is 6.64. The van der Waals surface area contributed by atoms with Crippen LogP contribution in [0.2, 0.25) is 0 Å². The maximum absolute atomic E-state index is 10.0. The molecular formula is C19H29IN6O. The van der Waals surface area contributed by atoms with E-state index in [0.717, 1.165) is 50.1 Å². The lowest BCUT2D eigenvalue weighted by molar-refractivity contribution is 0.369. The molecule has 148 valence electrons. The average Bonchev–Trinajstić information content (AvgIpc) is 2.89. The summed E-state index contributed by atoms with van der Waals surface area (Å²) in [7, 11) is 3.79. The van der Waals surface area contributed by atoms with Gasteiger partial charge in [-0.25, -0.2) is 0 Å². The predicted molar refractivity (Wildman–Crippen MR) is 120 cm³/mol. The number of aromatic nitrogens is 2. The summed E-state index contributed by atoms with van der Waals surface area (Å²) in [5, 5.41) is 18.0. The first-order chi connectivity index (χ1) is 12.5. The van der Waals surface area contributed by atoms with Gasteiger partial charge in [-0.05, 0) is 26.0 Å². The van der Waals surface area contributed by atoms with Crippen LogP contribution in [0.25, 0.3) is 0 Å². The third kappa shape index (κ3) is 4.66. The molecule has 0 saturated carbocycles. The summed E-state index contributed by atoms with van der Waals surface area (Å²) >= 11 is 0. The average molecular weight is 484 g/mol. The first-order valence-corrected chi connectivity index (χ1v) is 8.99. The van der Waals surface area contributed by atoms with Crippen LogP contribution in [0, 0.1) is 13.8 Å². The van der Waals surface area contributed by atoms with E-state index in [-0.39, 0.29) is 24.0 Å². The van der Waals surface area contributed by atoms with Crippen molar-refractivity contribution in [1.82, 2.24) is 20.0 Å². The van der Waals surface area contributed by atoms with Crippen LogP contribution in [0.4, 0.5) is 5.69 Å². The molecule has 2 aromatic rings. The molecule has 1 aromatic carbocycles. The van der Waals surface area contributed by atoms with E-state index < -0.39 is 0 Å². The van der Waals surface area contributed by atoms with Crippen LogP contribution in [0.1, 0.15) is 17.0 Å². The van der Waals surface area contributed by atoms with Crippen molar-refractivity contribution in [2.45, 2.75) is 20.4 Å². The highest BCUT2D eigenvalue weighted by Crippen LogP contribution is 2.27. The van der Waals surface area contributed by atoms with Crippen molar-refractivity contribution in [3.05, 3.63) is 41.2 Å². The minimum Gasteiger partial charge on any atom is -0.506 e. The summed E-state index contributed by atoms with van der Waals surface area (Å²) in [4.78, 5) is 8.92. The molecule has 0 amide bonds. The zero-order chi connectivity index (χ0) is 18.7. The highest BCUT2D eigenvalue weighted by Gasteiger charge is 2.21. The fourth-order valence-corrected chi connectivity index (χ4v) is 3.46. The third-order valence-electron chi connectivity index (χ3n) is 5.10. The summed E-state index contributed by atoms with van der Waals surface area (Å²) < 4.78 is 1.92. The van der Waals surface area contributed by atoms with E-state index >= 15 is 0 Å². The van der Waals surface area contributed by atoms with Crippen molar-refractivity contribution in [2.75, 3.05) is 38.1 Å². The molecule has 2 heterocycles. The van der Waals surface area contributed by atoms with Crippen molar-refractivity contribution in [1.29, 1.82) is 0 Å². The fourth-order valence-electron chi connectivity index (χ4n) is 3.46. The van der Waals surface area contributed by atoms with Crippen molar-refractivity contribution < 1.29 is 5.11 Å². The number of para-hydroxylation sites is 2. The standard InChI is InChI=1S/C19H28N6O.HI/c1-14-16(15(2)23(4)22-14)13-21-19(20-3)25-11-9-24(10-12-25)17-7-5-6-8-18(17)26;/h5-8,26H,9-13H2,1-4H3,(H,20,21);1H. The van der Waals surface area contributed by atoms with Gasteiger partial charge < -0.3 is 20.2 Å². The van der Waals surface area contributed by atoms with Gasteiger partial charge in [-0.15, -0.1) is 24.0 Å². The third-order valence-corrected chi connectivity index (χ3v) is 5.10. The quantitative estimate of drug-likeness (QED) is 0.398. The Bertz CT molecular complexity index is 795. The van der Waals surface area contributed by atoms with Gasteiger partial charge in [0, 0.05) is 58.1 Å². The normalized spacial score (nSPS) is 14.9. The molecule has 1 aromatic heterocycles. The Morgan fingerprint density at radius 3 is 2.41 bits per heavy atom. The van der Waals surface area contributed by atoms with Crippen molar-refractivity contribution in [3.63, 3.8) is 0 Å². The van der Waals surface area contributed by atoms with Gasteiger partial charge in [-0.3, -0.25) is 9.67 Å². The van der Waals surface area contributed by atoms with E-state index in [0.29, 0.717) is 5.75 Å². The van der Waals surface area contributed by atoms with Crippen LogP contribution in [0.3, 0.4) is 0 Å². The number of hydrogen-bond donors (Lipinski definition) is 2. The highest BCUT2D eigenvalue weighted by molar-refractivity contribution is 14.0. The zero-order valence-corrected chi connectivity index (χ0v) is 18.8. The van der Waals surface area contributed by atoms with E-state index in [2.05, 4.69) is 32.1 Å². The zero-order valence-electron chi connectivity index (χ0n) is 16.4. The van der Waals surface area contributed by atoms with E-state index in [1.807, 2.05) is 43.9 Å².